The summed E-state index contributed by atoms with van der Waals surface area (Å²) in [5, 5.41) is 11.5. The van der Waals surface area contributed by atoms with E-state index < -0.39 is 0 Å². The number of nitrogens with zero attached hydrogens (tertiary/aromatic N) is 3. The molecule has 2 aromatic rings. The zero-order valence-electron chi connectivity index (χ0n) is 11.4. The van der Waals surface area contributed by atoms with Gasteiger partial charge in [-0.15, -0.1) is 10.2 Å². The van der Waals surface area contributed by atoms with Gasteiger partial charge in [-0.2, -0.15) is 0 Å². The van der Waals surface area contributed by atoms with E-state index >= 15 is 0 Å². The largest absolute Gasteiger partial charge is 0.382 e. The van der Waals surface area contributed by atoms with Crippen molar-refractivity contribution in [3.05, 3.63) is 30.6 Å². The number of anilines is 1. The van der Waals surface area contributed by atoms with Crippen LogP contribution in [0.15, 0.2) is 30.6 Å². The number of rotatable bonds is 4. The molecule has 96 valence electrons. The second-order valence-electron chi connectivity index (χ2n) is 5.02. The van der Waals surface area contributed by atoms with Crippen LogP contribution < -0.4 is 5.32 Å². The van der Waals surface area contributed by atoms with Gasteiger partial charge in [-0.25, -0.2) is 0 Å². The van der Waals surface area contributed by atoms with Gasteiger partial charge in [-0.1, -0.05) is 13.8 Å². The Morgan fingerprint density at radius 3 is 2.28 bits per heavy atom. The zero-order chi connectivity index (χ0) is 13.1. The highest BCUT2D eigenvalue weighted by molar-refractivity contribution is 5.59. The minimum absolute atomic E-state index is 0.464. The first-order valence-corrected chi connectivity index (χ1v) is 6.29. The fraction of sp³-hybridized carbons (Fsp3) is 0.429. The average Bonchev–Trinajstić information content (AvgIpc) is 2.76. The third kappa shape index (κ3) is 2.70. The standard InChI is InChI=1S/C14H20N4/c1-10(2)11(3)16-13-7-5-12(6-8-13)14-17-15-9-18(14)4/h5-11,16H,1-4H3. The van der Waals surface area contributed by atoms with Crippen LogP contribution in [0.3, 0.4) is 0 Å². The Hall–Kier alpha value is -1.84. The van der Waals surface area contributed by atoms with Gasteiger partial charge in [0.15, 0.2) is 5.82 Å². The number of hydrogen-bond acceptors (Lipinski definition) is 3. The average molecular weight is 244 g/mol. The number of benzene rings is 1. The van der Waals surface area contributed by atoms with Crippen molar-refractivity contribution in [3.8, 4) is 11.4 Å². The Balaban J connectivity index is 2.13. The molecular formula is C14H20N4. The molecule has 0 aliphatic heterocycles. The van der Waals surface area contributed by atoms with Crippen LogP contribution in [0.4, 0.5) is 5.69 Å². The number of hydrogen-bond donors (Lipinski definition) is 1. The summed E-state index contributed by atoms with van der Waals surface area (Å²) in [6.07, 6.45) is 1.71. The molecule has 1 unspecified atom stereocenters. The predicted octanol–water partition coefficient (Wildman–Crippen LogP) is 2.94. The summed E-state index contributed by atoms with van der Waals surface area (Å²) in [7, 11) is 1.95. The highest BCUT2D eigenvalue weighted by Gasteiger charge is 2.07. The van der Waals surface area contributed by atoms with E-state index in [9.17, 15) is 0 Å². The molecule has 0 spiro atoms. The van der Waals surface area contributed by atoms with Crippen molar-refractivity contribution in [1.82, 2.24) is 14.8 Å². The Labute approximate surface area is 108 Å². The first-order valence-electron chi connectivity index (χ1n) is 6.29. The van der Waals surface area contributed by atoms with Crippen LogP contribution in [0.5, 0.6) is 0 Å². The van der Waals surface area contributed by atoms with Gasteiger partial charge in [0.2, 0.25) is 0 Å². The molecule has 1 atom stereocenters. The van der Waals surface area contributed by atoms with Crippen LogP contribution in [0.2, 0.25) is 0 Å². The third-order valence-electron chi connectivity index (χ3n) is 3.25. The summed E-state index contributed by atoms with van der Waals surface area (Å²) in [5.41, 5.74) is 2.22. The van der Waals surface area contributed by atoms with Gasteiger partial charge in [-0.3, -0.25) is 0 Å². The minimum atomic E-state index is 0.464. The second-order valence-corrected chi connectivity index (χ2v) is 5.02. The Morgan fingerprint density at radius 2 is 1.78 bits per heavy atom. The molecule has 2 rings (SSSR count). The molecule has 1 N–H and O–H groups in total. The lowest BCUT2D eigenvalue weighted by Gasteiger charge is -2.18. The maximum Gasteiger partial charge on any atom is 0.163 e. The van der Waals surface area contributed by atoms with Crippen molar-refractivity contribution in [1.29, 1.82) is 0 Å². The van der Waals surface area contributed by atoms with Crippen LogP contribution >= 0.6 is 0 Å². The molecule has 4 nitrogen and oxygen atoms in total. The van der Waals surface area contributed by atoms with Crippen LogP contribution in [0, 0.1) is 5.92 Å². The van der Waals surface area contributed by atoms with Crippen LogP contribution in [-0.2, 0) is 7.05 Å². The van der Waals surface area contributed by atoms with Crippen molar-refractivity contribution in [2.45, 2.75) is 26.8 Å². The minimum Gasteiger partial charge on any atom is -0.382 e. The molecule has 0 saturated heterocycles. The molecule has 0 radical (unpaired) electrons. The summed E-state index contributed by atoms with van der Waals surface area (Å²) in [4.78, 5) is 0. The molecule has 0 aliphatic rings. The number of aromatic nitrogens is 3. The molecule has 0 amide bonds. The lowest BCUT2D eigenvalue weighted by atomic mass is 10.1. The van der Waals surface area contributed by atoms with E-state index in [1.165, 1.54) is 0 Å². The van der Waals surface area contributed by atoms with Gasteiger partial charge >= 0.3 is 0 Å². The summed E-state index contributed by atoms with van der Waals surface area (Å²) in [5.74, 6) is 1.50. The van der Waals surface area contributed by atoms with E-state index in [-0.39, 0.29) is 0 Å². The second kappa shape index (κ2) is 5.21. The molecule has 4 heteroatoms. The molecule has 1 heterocycles. The SMILES string of the molecule is CC(C)C(C)Nc1ccc(-c2nncn2C)cc1. The first kappa shape index (κ1) is 12.6. The van der Waals surface area contributed by atoms with E-state index in [0.29, 0.717) is 12.0 Å². The van der Waals surface area contributed by atoms with Gasteiger partial charge < -0.3 is 9.88 Å². The van der Waals surface area contributed by atoms with Crippen LogP contribution in [0.25, 0.3) is 11.4 Å². The summed E-state index contributed by atoms with van der Waals surface area (Å²) in [6, 6.07) is 8.77. The first-order chi connectivity index (χ1) is 8.58. The number of aryl methyl sites for hydroxylation is 1. The maximum absolute atomic E-state index is 4.10. The number of nitrogens with one attached hydrogen (secondary N) is 1. The lowest BCUT2D eigenvalue weighted by Crippen LogP contribution is -2.21. The fourth-order valence-electron chi connectivity index (χ4n) is 1.69. The molecular weight excluding hydrogens is 224 g/mol. The van der Waals surface area contributed by atoms with E-state index in [0.717, 1.165) is 17.1 Å². The molecule has 0 saturated carbocycles. The molecule has 18 heavy (non-hydrogen) atoms. The smallest absolute Gasteiger partial charge is 0.163 e. The Morgan fingerprint density at radius 1 is 1.11 bits per heavy atom. The lowest BCUT2D eigenvalue weighted by molar-refractivity contribution is 0.560. The normalized spacial score (nSPS) is 12.7. The van der Waals surface area contributed by atoms with Gasteiger partial charge in [0.1, 0.15) is 6.33 Å². The topological polar surface area (TPSA) is 42.7 Å². The Bertz CT molecular complexity index is 499. The fourth-order valence-corrected chi connectivity index (χ4v) is 1.69. The summed E-state index contributed by atoms with van der Waals surface area (Å²) in [6.45, 7) is 6.62. The quantitative estimate of drug-likeness (QED) is 0.899. The Kier molecular flexibility index (Phi) is 3.65. The van der Waals surface area contributed by atoms with Crippen LogP contribution in [-0.4, -0.2) is 20.8 Å². The maximum atomic E-state index is 4.10. The van der Waals surface area contributed by atoms with Gasteiger partial charge in [0.25, 0.3) is 0 Å². The summed E-state index contributed by atoms with van der Waals surface area (Å²) < 4.78 is 1.92. The molecule has 0 aliphatic carbocycles. The summed E-state index contributed by atoms with van der Waals surface area (Å²) >= 11 is 0. The molecule has 1 aromatic heterocycles. The van der Waals surface area contributed by atoms with Crippen molar-refractivity contribution in [3.63, 3.8) is 0 Å². The highest BCUT2D eigenvalue weighted by Crippen LogP contribution is 2.19. The highest BCUT2D eigenvalue weighted by atomic mass is 15.2. The van der Waals surface area contributed by atoms with E-state index in [1.807, 2.05) is 11.6 Å². The van der Waals surface area contributed by atoms with Crippen molar-refractivity contribution < 1.29 is 0 Å². The molecule has 0 bridgehead atoms. The molecule has 1 aromatic carbocycles. The third-order valence-corrected chi connectivity index (χ3v) is 3.25. The van der Waals surface area contributed by atoms with Crippen molar-refractivity contribution >= 4 is 5.69 Å². The van der Waals surface area contributed by atoms with Gasteiger partial charge in [0.05, 0.1) is 0 Å². The van der Waals surface area contributed by atoms with E-state index in [2.05, 4.69) is 60.6 Å². The van der Waals surface area contributed by atoms with Crippen molar-refractivity contribution in [2.24, 2.45) is 13.0 Å². The van der Waals surface area contributed by atoms with Crippen LogP contribution in [0.1, 0.15) is 20.8 Å². The van der Waals surface area contributed by atoms with E-state index in [4.69, 9.17) is 0 Å². The zero-order valence-corrected chi connectivity index (χ0v) is 11.4. The van der Waals surface area contributed by atoms with Gasteiger partial charge in [-0.05, 0) is 37.1 Å². The van der Waals surface area contributed by atoms with E-state index in [1.54, 1.807) is 6.33 Å². The van der Waals surface area contributed by atoms with Crippen molar-refractivity contribution in [2.75, 3.05) is 5.32 Å². The monoisotopic (exact) mass is 244 g/mol. The predicted molar refractivity (Wildman–Crippen MR) is 74.4 cm³/mol. The van der Waals surface area contributed by atoms with Gasteiger partial charge in [0, 0.05) is 24.3 Å². The molecule has 0 fully saturated rings.